The number of aromatic nitrogens is 1. The van der Waals surface area contributed by atoms with E-state index in [4.69, 9.17) is 5.73 Å². The molecule has 2 nitrogen and oxygen atoms in total. The molecule has 2 heteroatoms. The van der Waals surface area contributed by atoms with E-state index in [1.807, 2.05) is 12.3 Å². The number of hydrogen-bond acceptors (Lipinski definition) is 2. The monoisotopic (exact) mass is 242 g/mol. The first-order valence-corrected chi connectivity index (χ1v) is 7.45. The maximum atomic E-state index is 6.79. The minimum atomic E-state index is 0.0462. The van der Waals surface area contributed by atoms with Crippen molar-refractivity contribution in [2.75, 3.05) is 0 Å². The third kappa shape index (κ3) is 1.48. The largest absolute Gasteiger partial charge is 0.324 e. The summed E-state index contributed by atoms with van der Waals surface area (Å²) in [5.41, 5.74) is 8.02. The van der Waals surface area contributed by atoms with Crippen molar-refractivity contribution in [3.63, 3.8) is 0 Å². The molecule has 0 aliphatic heterocycles. The molecule has 2 bridgehead atoms. The van der Waals surface area contributed by atoms with Crippen LogP contribution in [-0.2, 0) is 6.42 Å². The highest BCUT2D eigenvalue weighted by molar-refractivity contribution is 5.17. The lowest BCUT2D eigenvalue weighted by Crippen LogP contribution is -2.51. The van der Waals surface area contributed by atoms with Crippen LogP contribution in [0.2, 0.25) is 0 Å². The quantitative estimate of drug-likeness (QED) is 0.866. The van der Waals surface area contributed by atoms with Crippen molar-refractivity contribution in [1.82, 2.24) is 4.98 Å². The number of nitrogens with two attached hydrogens (primary N) is 1. The van der Waals surface area contributed by atoms with Crippen LogP contribution in [-0.4, -0.2) is 10.5 Å². The predicted molar refractivity (Wildman–Crippen MR) is 71.9 cm³/mol. The van der Waals surface area contributed by atoms with Crippen LogP contribution in [0.25, 0.3) is 0 Å². The van der Waals surface area contributed by atoms with E-state index in [1.54, 1.807) is 0 Å². The Morgan fingerprint density at radius 1 is 1.28 bits per heavy atom. The second-order valence-electron chi connectivity index (χ2n) is 6.80. The van der Waals surface area contributed by atoms with E-state index in [0.717, 1.165) is 30.1 Å². The van der Waals surface area contributed by atoms with Crippen LogP contribution in [0.3, 0.4) is 0 Å². The molecule has 0 aromatic carbocycles. The Morgan fingerprint density at radius 2 is 2.17 bits per heavy atom. The maximum absolute atomic E-state index is 6.79. The predicted octanol–water partition coefficient (Wildman–Crippen LogP) is 2.78. The summed E-state index contributed by atoms with van der Waals surface area (Å²) < 4.78 is 0. The Kier molecular flexibility index (Phi) is 2.32. The molecule has 0 amide bonds. The summed E-state index contributed by atoms with van der Waals surface area (Å²) in [6, 6.07) is 6.20. The summed E-state index contributed by atoms with van der Waals surface area (Å²) in [5, 5.41) is 0. The number of hydrogen-bond donors (Lipinski definition) is 1. The fourth-order valence-electron chi connectivity index (χ4n) is 5.36. The normalized spacial score (nSPS) is 45.4. The van der Waals surface area contributed by atoms with E-state index in [-0.39, 0.29) is 5.54 Å². The van der Waals surface area contributed by atoms with E-state index < -0.39 is 0 Å². The van der Waals surface area contributed by atoms with E-state index in [1.165, 1.54) is 37.8 Å². The molecule has 18 heavy (non-hydrogen) atoms. The third-order valence-corrected chi connectivity index (χ3v) is 5.92. The van der Waals surface area contributed by atoms with Gasteiger partial charge in [0, 0.05) is 23.9 Å². The lowest BCUT2D eigenvalue weighted by molar-refractivity contribution is 0.155. The van der Waals surface area contributed by atoms with Crippen LogP contribution >= 0.6 is 0 Å². The fourth-order valence-corrected chi connectivity index (χ4v) is 5.36. The first-order valence-electron chi connectivity index (χ1n) is 7.45. The minimum Gasteiger partial charge on any atom is -0.324 e. The van der Waals surface area contributed by atoms with Gasteiger partial charge in [-0.05, 0) is 61.5 Å². The Labute approximate surface area is 109 Å². The van der Waals surface area contributed by atoms with Crippen LogP contribution in [0.15, 0.2) is 24.4 Å². The first-order chi connectivity index (χ1) is 8.76. The van der Waals surface area contributed by atoms with Gasteiger partial charge in [-0.15, -0.1) is 0 Å². The van der Waals surface area contributed by atoms with Gasteiger partial charge in [0.05, 0.1) is 0 Å². The summed E-state index contributed by atoms with van der Waals surface area (Å²) in [5.74, 6) is 3.67. The van der Waals surface area contributed by atoms with Crippen molar-refractivity contribution < 1.29 is 0 Å². The molecule has 96 valence electrons. The van der Waals surface area contributed by atoms with E-state index in [9.17, 15) is 0 Å². The first kappa shape index (κ1) is 11.0. The van der Waals surface area contributed by atoms with Gasteiger partial charge in [0.1, 0.15) is 0 Å². The Balaban J connectivity index is 1.58. The molecule has 3 aliphatic rings. The van der Waals surface area contributed by atoms with Crippen LogP contribution in [0.1, 0.15) is 37.8 Å². The van der Waals surface area contributed by atoms with Crippen LogP contribution < -0.4 is 5.73 Å². The topological polar surface area (TPSA) is 38.9 Å². The molecule has 4 rings (SSSR count). The van der Waals surface area contributed by atoms with Crippen LogP contribution in [0.5, 0.6) is 0 Å². The van der Waals surface area contributed by atoms with E-state index >= 15 is 0 Å². The minimum absolute atomic E-state index is 0.0462. The zero-order valence-electron chi connectivity index (χ0n) is 10.9. The standard InChI is InChI=1S/C16H22N2/c17-16(10-12-4-1-2-7-18-12)9-11-8-15(16)14-6-3-5-13(11)14/h1-2,4,7,11,13-15H,3,5-6,8-10,17H2. The Morgan fingerprint density at radius 3 is 3.00 bits per heavy atom. The second-order valence-corrected chi connectivity index (χ2v) is 6.80. The van der Waals surface area contributed by atoms with Gasteiger partial charge in [0.2, 0.25) is 0 Å². The molecule has 0 radical (unpaired) electrons. The van der Waals surface area contributed by atoms with E-state index in [2.05, 4.69) is 17.1 Å². The van der Waals surface area contributed by atoms with Gasteiger partial charge >= 0.3 is 0 Å². The van der Waals surface area contributed by atoms with Crippen molar-refractivity contribution in [3.05, 3.63) is 30.1 Å². The van der Waals surface area contributed by atoms with Gasteiger partial charge in [0.25, 0.3) is 0 Å². The van der Waals surface area contributed by atoms with Crippen LogP contribution in [0, 0.1) is 23.7 Å². The average Bonchev–Trinajstić information content (AvgIpc) is 3.00. The fraction of sp³-hybridized carbons (Fsp3) is 0.688. The summed E-state index contributed by atoms with van der Waals surface area (Å²) in [6.07, 6.45) is 9.89. The molecule has 0 spiro atoms. The molecular weight excluding hydrogens is 220 g/mol. The SMILES string of the molecule is NC1(Cc2ccccn2)CC2CC1C1CCCC21. The lowest BCUT2D eigenvalue weighted by atomic mass is 9.69. The number of rotatable bonds is 2. The molecule has 1 aromatic rings. The molecule has 2 N–H and O–H groups in total. The molecule has 0 saturated heterocycles. The highest BCUT2D eigenvalue weighted by Crippen LogP contribution is 2.62. The maximum Gasteiger partial charge on any atom is 0.0422 e. The highest BCUT2D eigenvalue weighted by Gasteiger charge is 2.59. The second kappa shape index (κ2) is 3.80. The molecule has 1 aromatic heterocycles. The van der Waals surface area contributed by atoms with E-state index in [0.29, 0.717) is 0 Å². The average molecular weight is 242 g/mol. The number of pyridine rings is 1. The highest BCUT2D eigenvalue weighted by atomic mass is 14.8. The molecule has 1 heterocycles. The van der Waals surface area contributed by atoms with Gasteiger partial charge < -0.3 is 5.73 Å². The third-order valence-electron chi connectivity index (χ3n) is 5.92. The van der Waals surface area contributed by atoms with Crippen molar-refractivity contribution in [3.8, 4) is 0 Å². The molecule has 3 aliphatic carbocycles. The molecular formula is C16H22N2. The van der Waals surface area contributed by atoms with Gasteiger partial charge in [-0.3, -0.25) is 4.98 Å². The van der Waals surface area contributed by atoms with Gasteiger partial charge in [-0.2, -0.15) is 0 Å². The zero-order chi connectivity index (χ0) is 12.2. The van der Waals surface area contributed by atoms with Crippen molar-refractivity contribution >= 4 is 0 Å². The molecule has 3 saturated carbocycles. The molecule has 5 atom stereocenters. The smallest absolute Gasteiger partial charge is 0.0422 e. The number of fused-ring (bicyclic) bond motifs is 5. The van der Waals surface area contributed by atoms with Gasteiger partial charge in [-0.25, -0.2) is 0 Å². The zero-order valence-corrected chi connectivity index (χ0v) is 10.9. The Hall–Kier alpha value is -0.890. The van der Waals surface area contributed by atoms with Crippen molar-refractivity contribution in [1.29, 1.82) is 0 Å². The van der Waals surface area contributed by atoms with Crippen molar-refractivity contribution in [2.45, 2.75) is 44.1 Å². The van der Waals surface area contributed by atoms with Crippen LogP contribution in [0.4, 0.5) is 0 Å². The molecule has 3 fully saturated rings. The summed E-state index contributed by atoms with van der Waals surface area (Å²) in [6.45, 7) is 0. The van der Waals surface area contributed by atoms with Crippen molar-refractivity contribution in [2.24, 2.45) is 29.4 Å². The lowest BCUT2D eigenvalue weighted by Gasteiger charge is -2.40. The van der Waals surface area contributed by atoms with Gasteiger partial charge in [0.15, 0.2) is 0 Å². The summed E-state index contributed by atoms with van der Waals surface area (Å²) in [4.78, 5) is 4.48. The van der Waals surface area contributed by atoms with Gasteiger partial charge in [-0.1, -0.05) is 12.5 Å². The summed E-state index contributed by atoms with van der Waals surface area (Å²) >= 11 is 0. The number of nitrogens with zero attached hydrogens (tertiary/aromatic N) is 1. The summed E-state index contributed by atoms with van der Waals surface area (Å²) in [7, 11) is 0. The Bertz CT molecular complexity index is 444. The molecule has 5 unspecified atom stereocenters.